The molecular weight excluding hydrogens is 124 g/mol. The summed E-state index contributed by atoms with van der Waals surface area (Å²) in [4.78, 5) is 0. The number of hydrogen-bond acceptors (Lipinski definition) is 1. The Morgan fingerprint density at radius 3 is 2.70 bits per heavy atom. The van der Waals surface area contributed by atoms with Gasteiger partial charge in [-0.25, -0.2) is 0 Å². The Morgan fingerprint density at radius 1 is 1.60 bits per heavy atom. The van der Waals surface area contributed by atoms with Crippen molar-refractivity contribution in [3.8, 4) is 0 Å². The molecule has 0 aromatic heterocycles. The molecule has 56 valence electrons. The lowest BCUT2D eigenvalue weighted by atomic mass is 10.2. The summed E-state index contributed by atoms with van der Waals surface area (Å²) < 4.78 is 0. The zero-order chi connectivity index (χ0) is 7.82. The van der Waals surface area contributed by atoms with Crippen molar-refractivity contribution in [3.63, 3.8) is 0 Å². The van der Waals surface area contributed by atoms with Gasteiger partial charge < -0.3 is 5.11 Å². The molecule has 0 spiro atoms. The Bertz CT molecular complexity index is 143. The van der Waals surface area contributed by atoms with E-state index in [1.807, 2.05) is 31.2 Å². The van der Waals surface area contributed by atoms with Crippen molar-refractivity contribution in [2.75, 3.05) is 6.61 Å². The summed E-state index contributed by atoms with van der Waals surface area (Å²) in [6.45, 7) is 5.60. The van der Waals surface area contributed by atoms with Crippen molar-refractivity contribution in [1.82, 2.24) is 0 Å². The van der Waals surface area contributed by atoms with Crippen LogP contribution in [0.4, 0.5) is 0 Å². The third-order valence-corrected chi connectivity index (χ3v) is 1.19. The topological polar surface area (TPSA) is 20.2 Å². The largest absolute Gasteiger partial charge is 0.392 e. The van der Waals surface area contributed by atoms with Crippen molar-refractivity contribution in [2.45, 2.75) is 13.3 Å². The van der Waals surface area contributed by atoms with Gasteiger partial charge in [0.05, 0.1) is 6.61 Å². The van der Waals surface area contributed by atoms with Crippen molar-refractivity contribution in [2.24, 2.45) is 0 Å². The molecule has 1 heteroatoms. The molecule has 0 radical (unpaired) electrons. The Hall–Kier alpha value is -0.820. The highest BCUT2D eigenvalue weighted by molar-refractivity contribution is 5.18. The second-order valence-electron chi connectivity index (χ2n) is 1.95. The van der Waals surface area contributed by atoms with Crippen LogP contribution in [0.5, 0.6) is 0 Å². The second kappa shape index (κ2) is 6.30. The fourth-order valence-corrected chi connectivity index (χ4v) is 0.556. The Labute approximate surface area is 62.4 Å². The molecule has 0 bridgehead atoms. The van der Waals surface area contributed by atoms with E-state index in [1.54, 1.807) is 0 Å². The van der Waals surface area contributed by atoms with Crippen LogP contribution in [0.3, 0.4) is 0 Å². The van der Waals surface area contributed by atoms with Crippen LogP contribution in [0.2, 0.25) is 0 Å². The number of hydrogen-bond donors (Lipinski definition) is 1. The molecule has 0 aliphatic carbocycles. The van der Waals surface area contributed by atoms with Crippen molar-refractivity contribution >= 4 is 0 Å². The molecule has 10 heavy (non-hydrogen) atoms. The van der Waals surface area contributed by atoms with Crippen LogP contribution >= 0.6 is 0 Å². The van der Waals surface area contributed by atoms with Crippen LogP contribution in [-0.2, 0) is 0 Å². The summed E-state index contributed by atoms with van der Waals surface area (Å²) >= 11 is 0. The van der Waals surface area contributed by atoms with Gasteiger partial charge in [0, 0.05) is 0 Å². The van der Waals surface area contributed by atoms with Crippen LogP contribution in [0.25, 0.3) is 0 Å². The van der Waals surface area contributed by atoms with Crippen molar-refractivity contribution in [3.05, 3.63) is 36.5 Å². The lowest BCUT2D eigenvalue weighted by Crippen LogP contribution is -1.83. The van der Waals surface area contributed by atoms with Gasteiger partial charge in [-0.3, -0.25) is 0 Å². The Balaban J connectivity index is 3.73. The summed E-state index contributed by atoms with van der Waals surface area (Å²) in [6.07, 6.45) is 8.44. The first kappa shape index (κ1) is 9.18. The smallest absolute Gasteiger partial charge is 0.0678 e. The molecule has 0 aromatic rings. The molecule has 0 aliphatic heterocycles. The van der Waals surface area contributed by atoms with Gasteiger partial charge in [0.2, 0.25) is 0 Å². The molecule has 0 atom stereocenters. The highest BCUT2D eigenvalue weighted by Gasteiger charge is 1.82. The molecule has 0 saturated carbocycles. The number of allylic oxidation sites excluding steroid dienone is 3. The van der Waals surface area contributed by atoms with Crippen LogP contribution in [-0.4, -0.2) is 11.7 Å². The van der Waals surface area contributed by atoms with E-state index < -0.39 is 0 Å². The van der Waals surface area contributed by atoms with Crippen molar-refractivity contribution in [1.29, 1.82) is 0 Å². The zero-order valence-electron chi connectivity index (χ0n) is 6.38. The lowest BCUT2D eigenvalue weighted by molar-refractivity contribution is 0.335. The van der Waals surface area contributed by atoms with Crippen LogP contribution < -0.4 is 0 Å². The molecule has 0 saturated heterocycles. The molecule has 0 fully saturated rings. The van der Waals surface area contributed by atoms with E-state index in [4.69, 9.17) is 5.11 Å². The maximum atomic E-state index is 8.68. The van der Waals surface area contributed by atoms with Gasteiger partial charge >= 0.3 is 0 Å². The van der Waals surface area contributed by atoms with Crippen LogP contribution in [0.1, 0.15) is 13.3 Å². The maximum Gasteiger partial charge on any atom is 0.0678 e. The van der Waals surface area contributed by atoms with Crippen LogP contribution in [0.15, 0.2) is 36.5 Å². The van der Waals surface area contributed by atoms with Gasteiger partial charge in [-0.1, -0.05) is 24.3 Å². The predicted molar refractivity (Wildman–Crippen MR) is 44.8 cm³/mol. The van der Waals surface area contributed by atoms with Crippen molar-refractivity contribution < 1.29 is 5.11 Å². The van der Waals surface area contributed by atoms with Gasteiger partial charge in [0.1, 0.15) is 0 Å². The number of rotatable bonds is 4. The van der Waals surface area contributed by atoms with E-state index in [0.29, 0.717) is 0 Å². The van der Waals surface area contributed by atoms with E-state index in [1.165, 1.54) is 0 Å². The van der Waals surface area contributed by atoms with E-state index in [-0.39, 0.29) is 6.61 Å². The third kappa shape index (κ3) is 4.10. The molecule has 0 unspecified atom stereocenters. The minimum Gasteiger partial charge on any atom is -0.392 e. The summed E-state index contributed by atoms with van der Waals surface area (Å²) in [6, 6.07) is 0. The quantitative estimate of drug-likeness (QED) is 0.465. The molecule has 0 heterocycles. The van der Waals surface area contributed by atoms with Gasteiger partial charge in [-0.15, -0.1) is 6.58 Å². The second-order valence-corrected chi connectivity index (χ2v) is 1.95. The Morgan fingerprint density at radius 2 is 2.30 bits per heavy atom. The summed E-state index contributed by atoms with van der Waals surface area (Å²) in [5.74, 6) is 0. The molecule has 0 rings (SSSR count). The van der Waals surface area contributed by atoms with Gasteiger partial charge in [0.25, 0.3) is 0 Å². The molecule has 0 aromatic carbocycles. The standard InChI is InChI=1S/C9H14O/c1-3-5-6-7-9(4-2)8-10/h3-4,6-7,10H,1,5,8H2,2H3/b7-6-,9-4+. The molecule has 1 nitrogen and oxygen atoms in total. The summed E-state index contributed by atoms with van der Waals surface area (Å²) in [5.41, 5.74) is 0.946. The molecule has 1 N–H and O–H groups in total. The van der Waals surface area contributed by atoms with E-state index in [2.05, 4.69) is 6.58 Å². The number of aliphatic hydroxyl groups excluding tert-OH is 1. The minimum absolute atomic E-state index is 0.115. The normalized spacial score (nSPS) is 12.4. The van der Waals surface area contributed by atoms with Crippen LogP contribution in [0, 0.1) is 0 Å². The molecular formula is C9H14O. The third-order valence-electron chi connectivity index (χ3n) is 1.19. The fourth-order valence-electron chi connectivity index (χ4n) is 0.556. The van der Waals surface area contributed by atoms with E-state index in [9.17, 15) is 0 Å². The SMILES string of the molecule is C=CC/C=C\C(=C/C)CO. The molecule has 0 aliphatic rings. The monoisotopic (exact) mass is 138 g/mol. The molecule has 0 amide bonds. The number of aliphatic hydroxyl groups is 1. The summed E-state index contributed by atoms with van der Waals surface area (Å²) in [5, 5.41) is 8.68. The highest BCUT2D eigenvalue weighted by Crippen LogP contribution is 1.95. The average molecular weight is 138 g/mol. The first-order valence-electron chi connectivity index (χ1n) is 3.38. The highest BCUT2D eigenvalue weighted by atomic mass is 16.3. The fraction of sp³-hybridized carbons (Fsp3) is 0.333. The minimum atomic E-state index is 0.115. The van der Waals surface area contributed by atoms with Gasteiger partial charge in [0.15, 0.2) is 0 Å². The van der Waals surface area contributed by atoms with E-state index >= 15 is 0 Å². The lowest BCUT2D eigenvalue weighted by Gasteiger charge is -1.91. The first-order valence-corrected chi connectivity index (χ1v) is 3.38. The average Bonchev–Trinajstić information content (AvgIpc) is 1.99. The first-order chi connectivity index (χ1) is 4.85. The van der Waals surface area contributed by atoms with Gasteiger partial charge in [-0.2, -0.15) is 0 Å². The Kier molecular flexibility index (Phi) is 5.79. The predicted octanol–water partition coefficient (Wildman–Crippen LogP) is 2.06. The maximum absolute atomic E-state index is 8.68. The van der Waals surface area contributed by atoms with Gasteiger partial charge in [-0.05, 0) is 18.9 Å². The summed E-state index contributed by atoms with van der Waals surface area (Å²) in [7, 11) is 0. The zero-order valence-corrected chi connectivity index (χ0v) is 6.38. The van der Waals surface area contributed by atoms with E-state index in [0.717, 1.165) is 12.0 Å².